The summed E-state index contributed by atoms with van der Waals surface area (Å²) in [5.41, 5.74) is 2.34. The van der Waals surface area contributed by atoms with Crippen LogP contribution in [-0.2, 0) is 12.0 Å². The molecule has 0 spiro atoms. The van der Waals surface area contributed by atoms with E-state index in [-0.39, 0.29) is 5.41 Å². The standard InChI is InChI=1S/C15H26N2O/c1-11(2)10-18-14-8-12(9-16-6)7-13(17-14)15(3,4)5/h7-8,11,16H,9-10H2,1-6H3. The first-order chi connectivity index (χ1) is 8.32. The summed E-state index contributed by atoms with van der Waals surface area (Å²) in [5, 5.41) is 3.17. The van der Waals surface area contributed by atoms with Gasteiger partial charge in [-0.05, 0) is 24.6 Å². The average Bonchev–Trinajstić information content (AvgIpc) is 2.25. The van der Waals surface area contributed by atoms with Crippen LogP contribution in [0.1, 0.15) is 45.9 Å². The summed E-state index contributed by atoms with van der Waals surface area (Å²) in [5.74, 6) is 1.25. The summed E-state index contributed by atoms with van der Waals surface area (Å²) in [4.78, 5) is 4.61. The Kier molecular flexibility index (Phi) is 5.15. The predicted octanol–water partition coefficient (Wildman–Crippen LogP) is 3.13. The lowest BCUT2D eigenvalue weighted by molar-refractivity contribution is 0.259. The van der Waals surface area contributed by atoms with Crippen LogP contribution in [0.2, 0.25) is 0 Å². The van der Waals surface area contributed by atoms with E-state index in [1.807, 2.05) is 13.1 Å². The normalized spacial score (nSPS) is 11.9. The predicted molar refractivity (Wildman–Crippen MR) is 76.0 cm³/mol. The van der Waals surface area contributed by atoms with Crippen molar-refractivity contribution in [1.82, 2.24) is 10.3 Å². The SMILES string of the molecule is CNCc1cc(OCC(C)C)nc(C(C)(C)C)c1. The van der Waals surface area contributed by atoms with E-state index in [1.54, 1.807) is 0 Å². The van der Waals surface area contributed by atoms with Gasteiger partial charge in [0.1, 0.15) is 0 Å². The molecule has 1 heterocycles. The Morgan fingerprint density at radius 3 is 2.44 bits per heavy atom. The molecule has 0 aliphatic carbocycles. The number of ether oxygens (including phenoxy) is 1. The van der Waals surface area contributed by atoms with Gasteiger partial charge in [0, 0.05) is 18.0 Å². The highest BCUT2D eigenvalue weighted by molar-refractivity contribution is 5.28. The molecule has 3 nitrogen and oxygen atoms in total. The molecule has 0 bridgehead atoms. The van der Waals surface area contributed by atoms with Crippen molar-refractivity contribution in [3.8, 4) is 5.88 Å². The molecule has 3 heteroatoms. The van der Waals surface area contributed by atoms with Crippen LogP contribution in [0.3, 0.4) is 0 Å². The van der Waals surface area contributed by atoms with Crippen LogP contribution in [0.5, 0.6) is 5.88 Å². The summed E-state index contributed by atoms with van der Waals surface area (Å²) < 4.78 is 5.75. The maximum Gasteiger partial charge on any atom is 0.213 e. The van der Waals surface area contributed by atoms with Gasteiger partial charge in [0.2, 0.25) is 5.88 Å². The van der Waals surface area contributed by atoms with E-state index in [0.29, 0.717) is 12.5 Å². The maximum atomic E-state index is 5.75. The fourth-order valence-corrected chi connectivity index (χ4v) is 1.58. The van der Waals surface area contributed by atoms with Gasteiger partial charge in [-0.25, -0.2) is 4.98 Å². The van der Waals surface area contributed by atoms with E-state index >= 15 is 0 Å². The number of nitrogens with one attached hydrogen (secondary N) is 1. The summed E-state index contributed by atoms with van der Waals surface area (Å²) >= 11 is 0. The molecule has 1 aromatic heterocycles. The fraction of sp³-hybridized carbons (Fsp3) is 0.667. The van der Waals surface area contributed by atoms with E-state index in [0.717, 1.165) is 18.1 Å². The molecule has 0 aromatic carbocycles. The van der Waals surface area contributed by atoms with Gasteiger partial charge in [-0.3, -0.25) is 0 Å². The molecule has 0 unspecified atom stereocenters. The van der Waals surface area contributed by atoms with Crippen molar-refractivity contribution in [1.29, 1.82) is 0 Å². The number of hydrogen-bond donors (Lipinski definition) is 1. The van der Waals surface area contributed by atoms with Crippen LogP contribution in [-0.4, -0.2) is 18.6 Å². The first-order valence-electron chi connectivity index (χ1n) is 6.61. The van der Waals surface area contributed by atoms with Crippen LogP contribution < -0.4 is 10.1 Å². The first kappa shape index (κ1) is 15.0. The minimum Gasteiger partial charge on any atom is -0.477 e. The van der Waals surface area contributed by atoms with Crippen molar-refractivity contribution in [3.63, 3.8) is 0 Å². The Morgan fingerprint density at radius 2 is 1.94 bits per heavy atom. The molecule has 0 amide bonds. The maximum absolute atomic E-state index is 5.75. The Hall–Kier alpha value is -1.09. The van der Waals surface area contributed by atoms with Crippen LogP contribution in [0.25, 0.3) is 0 Å². The lowest BCUT2D eigenvalue weighted by Crippen LogP contribution is -2.17. The quantitative estimate of drug-likeness (QED) is 0.871. The summed E-state index contributed by atoms with van der Waals surface area (Å²) in [6.45, 7) is 12.3. The Bertz CT molecular complexity index is 381. The zero-order valence-electron chi connectivity index (χ0n) is 12.5. The lowest BCUT2D eigenvalue weighted by Gasteiger charge is -2.20. The van der Waals surface area contributed by atoms with Crippen molar-refractivity contribution < 1.29 is 4.74 Å². The van der Waals surface area contributed by atoms with E-state index in [2.05, 4.69) is 51.0 Å². The molecule has 0 fully saturated rings. The van der Waals surface area contributed by atoms with Crippen molar-refractivity contribution in [2.45, 2.75) is 46.6 Å². The number of pyridine rings is 1. The van der Waals surface area contributed by atoms with Gasteiger partial charge in [-0.1, -0.05) is 34.6 Å². The summed E-state index contributed by atoms with van der Waals surface area (Å²) in [7, 11) is 1.95. The smallest absolute Gasteiger partial charge is 0.213 e. The minimum absolute atomic E-state index is 0.0414. The van der Waals surface area contributed by atoms with Crippen molar-refractivity contribution >= 4 is 0 Å². The van der Waals surface area contributed by atoms with Gasteiger partial charge in [-0.15, -0.1) is 0 Å². The summed E-state index contributed by atoms with van der Waals surface area (Å²) in [6, 6.07) is 4.17. The second-order valence-electron chi connectivity index (χ2n) is 6.18. The first-order valence-corrected chi connectivity index (χ1v) is 6.61. The second-order valence-corrected chi connectivity index (χ2v) is 6.18. The highest BCUT2D eigenvalue weighted by atomic mass is 16.5. The van der Waals surface area contributed by atoms with Gasteiger partial charge < -0.3 is 10.1 Å². The van der Waals surface area contributed by atoms with Gasteiger partial charge in [0.15, 0.2) is 0 Å². The zero-order chi connectivity index (χ0) is 13.8. The monoisotopic (exact) mass is 250 g/mol. The Labute approximate surface area is 111 Å². The zero-order valence-corrected chi connectivity index (χ0v) is 12.5. The largest absolute Gasteiger partial charge is 0.477 e. The van der Waals surface area contributed by atoms with E-state index in [9.17, 15) is 0 Å². The van der Waals surface area contributed by atoms with Crippen molar-refractivity contribution in [2.75, 3.05) is 13.7 Å². The third kappa shape index (κ3) is 4.65. The molecule has 1 rings (SSSR count). The molecule has 102 valence electrons. The molecule has 0 aliphatic heterocycles. The number of aromatic nitrogens is 1. The molecule has 0 radical (unpaired) electrons. The van der Waals surface area contributed by atoms with Crippen LogP contribution >= 0.6 is 0 Å². The topological polar surface area (TPSA) is 34.1 Å². The molecule has 0 atom stereocenters. The van der Waals surface area contributed by atoms with Crippen LogP contribution in [0.4, 0.5) is 0 Å². The minimum atomic E-state index is 0.0414. The van der Waals surface area contributed by atoms with Crippen LogP contribution in [0, 0.1) is 5.92 Å². The van der Waals surface area contributed by atoms with E-state index in [1.165, 1.54) is 5.56 Å². The highest BCUT2D eigenvalue weighted by Gasteiger charge is 2.17. The molecular weight excluding hydrogens is 224 g/mol. The molecule has 1 N–H and O–H groups in total. The fourth-order valence-electron chi connectivity index (χ4n) is 1.58. The molecule has 0 saturated heterocycles. The van der Waals surface area contributed by atoms with Gasteiger partial charge in [-0.2, -0.15) is 0 Å². The van der Waals surface area contributed by atoms with Crippen molar-refractivity contribution in [3.05, 3.63) is 23.4 Å². The van der Waals surface area contributed by atoms with Gasteiger partial charge >= 0.3 is 0 Å². The average molecular weight is 250 g/mol. The van der Waals surface area contributed by atoms with Crippen molar-refractivity contribution in [2.24, 2.45) is 5.92 Å². The molecule has 18 heavy (non-hydrogen) atoms. The van der Waals surface area contributed by atoms with Crippen LogP contribution in [0.15, 0.2) is 12.1 Å². The van der Waals surface area contributed by atoms with E-state index < -0.39 is 0 Å². The molecule has 0 saturated carbocycles. The Balaban J connectivity index is 2.98. The number of rotatable bonds is 5. The number of nitrogens with zero attached hydrogens (tertiary/aromatic N) is 1. The molecular formula is C15H26N2O. The molecule has 0 aliphatic rings. The third-order valence-electron chi connectivity index (χ3n) is 2.58. The highest BCUT2D eigenvalue weighted by Crippen LogP contribution is 2.24. The molecule has 1 aromatic rings. The Morgan fingerprint density at radius 1 is 1.28 bits per heavy atom. The van der Waals surface area contributed by atoms with E-state index in [4.69, 9.17) is 4.74 Å². The lowest BCUT2D eigenvalue weighted by atomic mass is 9.91. The summed E-state index contributed by atoms with van der Waals surface area (Å²) in [6.07, 6.45) is 0. The van der Waals surface area contributed by atoms with Gasteiger partial charge in [0.05, 0.1) is 12.3 Å². The second kappa shape index (κ2) is 6.19. The van der Waals surface area contributed by atoms with Gasteiger partial charge in [0.25, 0.3) is 0 Å². The third-order valence-corrected chi connectivity index (χ3v) is 2.58. The number of hydrogen-bond acceptors (Lipinski definition) is 3.